The Hall–Kier alpha value is -1.66. The minimum absolute atomic E-state index is 0.270. The van der Waals surface area contributed by atoms with Gasteiger partial charge in [-0.3, -0.25) is 0 Å². The van der Waals surface area contributed by atoms with Crippen molar-refractivity contribution in [1.82, 2.24) is 10.3 Å². The largest absolute Gasteiger partial charge is 0.440 e. The van der Waals surface area contributed by atoms with Crippen molar-refractivity contribution in [2.45, 2.75) is 38.7 Å². The number of hydrogen-bond acceptors (Lipinski definition) is 4. The van der Waals surface area contributed by atoms with E-state index in [-0.39, 0.29) is 12.0 Å². The lowest BCUT2D eigenvalue weighted by molar-refractivity contribution is 0.114. The molecule has 6 heteroatoms. The second kappa shape index (κ2) is 6.62. The lowest BCUT2D eigenvalue weighted by Crippen LogP contribution is -2.34. The zero-order chi connectivity index (χ0) is 15.5. The molecule has 22 heavy (non-hydrogen) atoms. The molecule has 1 aliphatic rings. The molecular weight excluding hydrogens is 298 g/mol. The van der Waals surface area contributed by atoms with Crippen molar-refractivity contribution in [3.8, 4) is 0 Å². The Morgan fingerprint density at radius 1 is 1.45 bits per heavy atom. The van der Waals surface area contributed by atoms with E-state index in [1.807, 2.05) is 18.2 Å². The fourth-order valence-electron chi connectivity index (χ4n) is 2.46. The lowest BCUT2D eigenvalue weighted by Gasteiger charge is -2.13. The number of hydrogen-bond donors (Lipinski definition) is 2. The highest BCUT2D eigenvalue weighted by molar-refractivity contribution is 7.80. The van der Waals surface area contributed by atoms with E-state index in [4.69, 9.17) is 21.4 Å². The third-order valence-corrected chi connectivity index (χ3v) is 3.92. The number of benzene rings is 1. The molecule has 0 radical (unpaired) electrons. The van der Waals surface area contributed by atoms with Crippen LogP contribution in [0.3, 0.4) is 0 Å². The SMILES string of the molecule is CC(C)c1nc2cc(NC(=S)NCC3CCCO3)ccc2o1. The number of nitrogens with one attached hydrogen (secondary N) is 2. The van der Waals surface area contributed by atoms with Gasteiger partial charge in [-0.1, -0.05) is 13.8 Å². The maximum absolute atomic E-state index is 5.70. The highest BCUT2D eigenvalue weighted by Crippen LogP contribution is 2.23. The highest BCUT2D eigenvalue weighted by Gasteiger charge is 2.15. The third-order valence-electron chi connectivity index (χ3n) is 3.67. The summed E-state index contributed by atoms with van der Waals surface area (Å²) >= 11 is 5.32. The Labute approximate surface area is 135 Å². The summed E-state index contributed by atoms with van der Waals surface area (Å²) < 4.78 is 11.3. The first-order valence-corrected chi connectivity index (χ1v) is 8.09. The maximum Gasteiger partial charge on any atom is 0.198 e. The normalized spacial score (nSPS) is 18.0. The van der Waals surface area contributed by atoms with E-state index in [1.54, 1.807) is 0 Å². The Morgan fingerprint density at radius 3 is 3.05 bits per heavy atom. The molecule has 0 amide bonds. The second-order valence-corrected chi connectivity index (χ2v) is 6.27. The molecule has 2 heterocycles. The number of aromatic nitrogens is 1. The van der Waals surface area contributed by atoms with E-state index >= 15 is 0 Å². The van der Waals surface area contributed by atoms with Crippen LogP contribution in [0.1, 0.15) is 38.5 Å². The van der Waals surface area contributed by atoms with Gasteiger partial charge in [-0.15, -0.1) is 0 Å². The Kier molecular flexibility index (Phi) is 4.59. The van der Waals surface area contributed by atoms with Crippen LogP contribution in [-0.4, -0.2) is 29.4 Å². The van der Waals surface area contributed by atoms with Crippen molar-refractivity contribution in [3.05, 3.63) is 24.1 Å². The van der Waals surface area contributed by atoms with Crippen LogP contribution in [0, 0.1) is 0 Å². The molecule has 0 spiro atoms. The fourth-order valence-corrected chi connectivity index (χ4v) is 2.66. The first-order chi connectivity index (χ1) is 10.6. The average molecular weight is 319 g/mol. The minimum Gasteiger partial charge on any atom is -0.440 e. The van der Waals surface area contributed by atoms with Crippen LogP contribution in [0.2, 0.25) is 0 Å². The second-order valence-electron chi connectivity index (χ2n) is 5.86. The van der Waals surface area contributed by atoms with E-state index in [1.165, 1.54) is 0 Å². The highest BCUT2D eigenvalue weighted by atomic mass is 32.1. The van der Waals surface area contributed by atoms with Gasteiger partial charge in [-0.05, 0) is 43.3 Å². The van der Waals surface area contributed by atoms with Crippen molar-refractivity contribution in [2.75, 3.05) is 18.5 Å². The van der Waals surface area contributed by atoms with Gasteiger partial charge in [0.05, 0.1) is 6.10 Å². The van der Waals surface area contributed by atoms with Crippen LogP contribution in [0.4, 0.5) is 5.69 Å². The Morgan fingerprint density at radius 2 is 2.32 bits per heavy atom. The zero-order valence-electron chi connectivity index (χ0n) is 12.9. The summed E-state index contributed by atoms with van der Waals surface area (Å²) in [5.41, 5.74) is 2.55. The molecule has 5 nitrogen and oxygen atoms in total. The average Bonchev–Trinajstić information content (AvgIpc) is 3.14. The first kappa shape index (κ1) is 15.2. The topological polar surface area (TPSA) is 59.3 Å². The number of rotatable bonds is 4. The molecule has 1 saturated heterocycles. The standard InChI is InChI=1S/C16H21N3O2S/c1-10(2)15-19-13-8-11(5-6-14(13)21-15)18-16(22)17-9-12-4-3-7-20-12/h5-6,8,10,12H,3-4,7,9H2,1-2H3,(H2,17,18,22). The van der Waals surface area contributed by atoms with E-state index in [9.17, 15) is 0 Å². The molecule has 0 aliphatic carbocycles. The molecule has 1 aromatic heterocycles. The molecule has 0 bridgehead atoms. The van der Waals surface area contributed by atoms with Crippen LogP contribution >= 0.6 is 12.2 Å². The van der Waals surface area contributed by atoms with Crippen LogP contribution in [0.15, 0.2) is 22.6 Å². The molecule has 118 valence electrons. The third kappa shape index (κ3) is 3.56. The molecule has 2 aromatic rings. The van der Waals surface area contributed by atoms with E-state index in [0.29, 0.717) is 5.11 Å². The van der Waals surface area contributed by atoms with Crippen molar-refractivity contribution < 1.29 is 9.15 Å². The van der Waals surface area contributed by atoms with Gasteiger partial charge in [0.25, 0.3) is 0 Å². The fraction of sp³-hybridized carbons (Fsp3) is 0.500. The lowest BCUT2D eigenvalue weighted by atomic mass is 10.2. The molecule has 1 fully saturated rings. The Bertz CT molecular complexity index is 662. The van der Waals surface area contributed by atoms with Crippen molar-refractivity contribution in [1.29, 1.82) is 0 Å². The summed E-state index contributed by atoms with van der Waals surface area (Å²) in [5, 5.41) is 6.98. The minimum atomic E-state index is 0.270. The van der Waals surface area contributed by atoms with Gasteiger partial charge in [0, 0.05) is 24.8 Å². The number of anilines is 1. The van der Waals surface area contributed by atoms with E-state index in [2.05, 4.69) is 29.5 Å². The number of oxazole rings is 1. The molecule has 1 atom stereocenters. The van der Waals surface area contributed by atoms with Gasteiger partial charge in [0.2, 0.25) is 0 Å². The number of fused-ring (bicyclic) bond motifs is 1. The monoisotopic (exact) mass is 319 g/mol. The number of thiocarbonyl (C=S) groups is 1. The van der Waals surface area contributed by atoms with Crippen LogP contribution < -0.4 is 10.6 Å². The van der Waals surface area contributed by atoms with Crippen LogP contribution in [0.25, 0.3) is 11.1 Å². The maximum atomic E-state index is 5.70. The van der Waals surface area contributed by atoms with Gasteiger partial charge in [-0.25, -0.2) is 4.98 Å². The van der Waals surface area contributed by atoms with Crippen molar-refractivity contribution in [3.63, 3.8) is 0 Å². The summed E-state index contributed by atoms with van der Waals surface area (Å²) in [6, 6.07) is 5.81. The molecule has 1 aliphatic heterocycles. The van der Waals surface area contributed by atoms with Gasteiger partial charge in [-0.2, -0.15) is 0 Å². The van der Waals surface area contributed by atoms with E-state index in [0.717, 1.165) is 48.7 Å². The molecule has 2 N–H and O–H groups in total. The summed E-state index contributed by atoms with van der Waals surface area (Å²) in [4.78, 5) is 4.50. The quantitative estimate of drug-likeness (QED) is 0.842. The molecule has 1 aromatic carbocycles. The molecular formula is C16H21N3O2S. The first-order valence-electron chi connectivity index (χ1n) is 7.69. The summed E-state index contributed by atoms with van der Waals surface area (Å²) in [7, 11) is 0. The van der Waals surface area contributed by atoms with Gasteiger partial charge in [0.15, 0.2) is 16.6 Å². The number of nitrogens with zero attached hydrogens (tertiary/aromatic N) is 1. The van der Waals surface area contributed by atoms with Crippen molar-refractivity contribution in [2.24, 2.45) is 0 Å². The molecule has 0 saturated carbocycles. The van der Waals surface area contributed by atoms with Gasteiger partial charge < -0.3 is 19.8 Å². The van der Waals surface area contributed by atoms with Gasteiger partial charge in [0.1, 0.15) is 5.52 Å². The Balaban J connectivity index is 1.61. The predicted octanol–water partition coefficient (Wildman–Crippen LogP) is 3.42. The number of ether oxygens (including phenoxy) is 1. The summed E-state index contributed by atoms with van der Waals surface area (Å²) in [6.07, 6.45) is 2.50. The summed E-state index contributed by atoms with van der Waals surface area (Å²) in [6.45, 7) is 5.73. The predicted molar refractivity (Wildman–Crippen MR) is 91.3 cm³/mol. The van der Waals surface area contributed by atoms with Crippen LogP contribution in [-0.2, 0) is 4.74 Å². The van der Waals surface area contributed by atoms with Crippen molar-refractivity contribution >= 4 is 34.1 Å². The van der Waals surface area contributed by atoms with Gasteiger partial charge >= 0.3 is 0 Å². The van der Waals surface area contributed by atoms with Crippen LogP contribution in [0.5, 0.6) is 0 Å². The zero-order valence-corrected chi connectivity index (χ0v) is 13.7. The molecule has 3 rings (SSSR count). The molecule has 1 unspecified atom stereocenters. The smallest absolute Gasteiger partial charge is 0.198 e. The summed E-state index contributed by atoms with van der Waals surface area (Å²) in [5.74, 6) is 1.03. The van der Waals surface area contributed by atoms with E-state index < -0.39 is 0 Å².